The Morgan fingerprint density at radius 3 is 2.69 bits per heavy atom. The van der Waals surface area contributed by atoms with Gasteiger partial charge in [0.1, 0.15) is 5.82 Å². The van der Waals surface area contributed by atoms with Gasteiger partial charge in [0.15, 0.2) is 0 Å². The summed E-state index contributed by atoms with van der Waals surface area (Å²) in [5, 5.41) is 7.89. The number of hydrogen-bond acceptors (Lipinski definition) is 4. The van der Waals surface area contributed by atoms with Gasteiger partial charge in [-0.15, -0.1) is 0 Å². The SMILES string of the molecule is CCC(CSC)Nc1c(N)c(C)nn1CC. The number of thioether (sulfide) groups is 1. The van der Waals surface area contributed by atoms with Gasteiger partial charge in [-0.25, -0.2) is 4.68 Å². The summed E-state index contributed by atoms with van der Waals surface area (Å²) in [5.41, 5.74) is 7.71. The van der Waals surface area contributed by atoms with E-state index in [2.05, 4.69) is 30.5 Å². The van der Waals surface area contributed by atoms with Crippen LogP contribution in [0.1, 0.15) is 26.0 Å². The van der Waals surface area contributed by atoms with Crippen molar-refractivity contribution >= 4 is 23.3 Å². The molecule has 0 fully saturated rings. The summed E-state index contributed by atoms with van der Waals surface area (Å²) in [5.74, 6) is 2.06. The van der Waals surface area contributed by atoms with Gasteiger partial charge < -0.3 is 11.1 Å². The highest BCUT2D eigenvalue weighted by Crippen LogP contribution is 2.23. The van der Waals surface area contributed by atoms with E-state index in [-0.39, 0.29) is 0 Å². The molecule has 1 aromatic heterocycles. The summed E-state index contributed by atoms with van der Waals surface area (Å²) in [4.78, 5) is 0. The second-order valence-corrected chi connectivity index (χ2v) is 4.78. The van der Waals surface area contributed by atoms with Crippen molar-refractivity contribution in [3.63, 3.8) is 0 Å². The van der Waals surface area contributed by atoms with E-state index in [1.54, 1.807) is 0 Å². The lowest BCUT2D eigenvalue weighted by Gasteiger charge is -2.18. The average molecular weight is 242 g/mol. The molecule has 1 rings (SSSR count). The number of nitrogens with two attached hydrogens (primary N) is 1. The Labute approximate surface area is 102 Å². The summed E-state index contributed by atoms with van der Waals surface area (Å²) >= 11 is 1.85. The molecule has 0 aliphatic rings. The van der Waals surface area contributed by atoms with Crippen LogP contribution in [0.2, 0.25) is 0 Å². The van der Waals surface area contributed by atoms with E-state index in [1.807, 2.05) is 23.4 Å². The molecule has 1 unspecified atom stereocenters. The fraction of sp³-hybridized carbons (Fsp3) is 0.727. The van der Waals surface area contributed by atoms with E-state index in [1.165, 1.54) is 0 Å². The first-order valence-corrected chi connectivity index (χ1v) is 7.11. The third-order valence-corrected chi connectivity index (χ3v) is 3.41. The van der Waals surface area contributed by atoms with Crippen LogP contribution in [-0.2, 0) is 6.54 Å². The topological polar surface area (TPSA) is 55.9 Å². The average Bonchev–Trinajstić information content (AvgIpc) is 2.55. The molecule has 3 N–H and O–H groups in total. The predicted molar refractivity (Wildman–Crippen MR) is 73.1 cm³/mol. The van der Waals surface area contributed by atoms with E-state index in [9.17, 15) is 0 Å². The van der Waals surface area contributed by atoms with Crippen molar-refractivity contribution in [3.05, 3.63) is 5.69 Å². The fourth-order valence-electron chi connectivity index (χ4n) is 1.63. The maximum absolute atomic E-state index is 6.03. The third-order valence-electron chi connectivity index (χ3n) is 2.67. The summed E-state index contributed by atoms with van der Waals surface area (Å²) in [6, 6.07) is 0.457. The van der Waals surface area contributed by atoms with Crippen LogP contribution in [0.4, 0.5) is 11.5 Å². The summed E-state index contributed by atoms with van der Waals surface area (Å²) in [6.07, 6.45) is 3.21. The van der Waals surface area contributed by atoms with Crippen LogP contribution >= 0.6 is 11.8 Å². The molecule has 4 nitrogen and oxygen atoms in total. The molecule has 0 radical (unpaired) electrons. The summed E-state index contributed by atoms with van der Waals surface area (Å²) in [6.45, 7) is 7.05. The molecule has 0 aromatic carbocycles. The molecule has 16 heavy (non-hydrogen) atoms. The number of hydrogen-bond donors (Lipinski definition) is 2. The Morgan fingerprint density at radius 1 is 1.50 bits per heavy atom. The number of anilines is 2. The van der Waals surface area contributed by atoms with Crippen molar-refractivity contribution < 1.29 is 0 Å². The zero-order valence-corrected chi connectivity index (χ0v) is 11.4. The van der Waals surface area contributed by atoms with E-state index >= 15 is 0 Å². The van der Waals surface area contributed by atoms with Gasteiger partial charge in [0.2, 0.25) is 0 Å². The normalized spacial score (nSPS) is 12.8. The first-order valence-electron chi connectivity index (χ1n) is 5.72. The van der Waals surface area contributed by atoms with Gasteiger partial charge >= 0.3 is 0 Å². The Kier molecular flexibility index (Phi) is 4.99. The van der Waals surface area contributed by atoms with Crippen LogP contribution in [0.5, 0.6) is 0 Å². The molecule has 5 heteroatoms. The van der Waals surface area contributed by atoms with Crippen LogP contribution < -0.4 is 11.1 Å². The van der Waals surface area contributed by atoms with Crippen molar-refractivity contribution in [2.24, 2.45) is 0 Å². The van der Waals surface area contributed by atoms with Gasteiger partial charge in [-0.05, 0) is 26.5 Å². The van der Waals surface area contributed by atoms with E-state index in [4.69, 9.17) is 5.73 Å². The molecule has 0 saturated heterocycles. The Balaban J connectivity index is 2.85. The highest BCUT2D eigenvalue weighted by Gasteiger charge is 2.14. The molecule has 1 heterocycles. The van der Waals surface area contributed by atoms with Crippen molar-refractivity contribution in [3.8, 4) is 0 Å². The van der Waals surface area contributed by atoms with Crippen LogP contribution in [-0.4, -0.2) is 27.8 Å². The number of aromatic nitrogens is 2. The minimum absolute atomic E-state index is 0.457. The molecule has 1 aromatic rings. The fourth-order valence-corrected chi connectivity index (χ4v) is 2.35. The number of nitrogens with one attached hydrogen (secondary N) is 1. The van der Waals surface area contributed by atoms with Gasteiger partial charge in [0, 0.05) is 18.3 Å². The van der Waals surface area contributed by atoms with Crippen LogP contribution in [0.25, 0.3) is 0 Å². The number of rotatable bonds is 6. The lowest BCUT2D eigenvalue weighted by atomic mass is 10.2. The minimum atomic E-state index is 0.457. The van der Waals surface area contributed by atoms with Crippen molar-refractivity contribution in [1.29, 1.82) is 0 Å². The Morgan fingerprint density at radius 2 is 2.19 bits per heavy atom. The first kappa shape index (κ1) is 13.2. The van der Waals surface area contributed by atoms with Crippen LogP contribution in [0.3, 0.4) is 0 Å². The molecule has 1 atom stereocenters. The maximum atomic E-state index is 6.03. The second-order valence-electron chi connectivity index (χ2n) is 3.87. The van der Waals surface area contributed by atoms with Crippen LogP contribution in [0.15, 0.2) is 0 Å². The second kappa shape index (κ2) is 6.03. The van der Waals surface area contributed by atoms with Gasteiger partial charge in [-0.1, -0.05) is 6.92 Å². The quantitative estimate of drug-likeness (QED) is 0.804. The number of aryl methyl sites for hydroxylation is 2. The molecule has 0 spiro atoms. The highest BCUT2D eigenvalue weighted by molar-refractivity contribution is 7.98. The number of nitrogen functional groups attached to an aromatic ring is 1. The largest absolute Gasteiger partial charge is 0.394 e. The highest BCUT2D eigenvalue weighted by atomic mass is 32.2. The molecule has 0 aliphatic heterocycles. The molecular formula is C11H22N4S. The first-order chi connectivity index (χ1) is 7.63. The minimum Gasteiger partial charge on any atom is -0.394 e. The molecule has 0 saturated carbocycles. The summed E-state index contributed by atoms with van der Waals surface area (Å²) < 4.78 is 1.94. The van der Waals surface area contributed by atoms with Crippen molar-refractivity contribution in [1.82, 2.24) is 9.78 Å². The van der Waals surface area contributed by atoms with Gasteiger partial charge in [0.05, 0.1) is 11.4 Å². The lowest BCUT2D eigenvalue weighted by Crippen LogP contribution is -2.23. The molecule has 0 amide bonds. The maximum Gasteiger partial charge on any atom is 0.148 e. The standard InChI is InChI=1S/C11H22N4S/c1-5-9(7-16-4)13-11-10(12)8(3)14-15(11)6-2/h9,13H,5-7,12H2,1-4H3. The van der Waals surface area contributed by atoms with E-state index in [0.29, 0.717) is 6.04 Å². The molecule has 0 bridgehead atoms. The number of nitrogens with zero attached hydrogens (tertiary/aromatic N) is 2. The zero-order valence-electron chi connectivity index (χ0n) is 10.6. The molecular weight excluding hydrogens is 220 g/mol. The smallest absolute Gasteiger partial charge is 0.148 e. The van der Waals surface area contributed by atoms with Crippen LogP contribution in [0, 0.1) is 6.92 Å². The van der Waals surface area contributed by atoms with Gasteiger partial charge in [-0.2, -0.15) is 16.9 Å². The summed E-state index contributed by atoms with van der Waals surface area (Å²) in [7, 11) is 0. The Hall–Kier alpha value is -0.840. The Bertz CT molecular complexity index is 335. The lowest BCUT2D eigenvalue weighted by molar-refractivity contribution is 0.646. The van der Waals surface area contributed by atoms with Gasteiger partial charge in [0.25, 0.3) is 0 Å². The van der Waals surface area contributed by atoms with Crippen molar-refractivity contribution in [2.75, 3.05) is 23.1 Å². The van der Waals surface area contributed by atoms with E-state index < -0.39 is 0 Å². The van der Waals surface area contributed by atoms with Crippen molar-refractivity contribution in [2.45, 2.75) is 39.8 Å². The zero-order chi connectivity index (χ0) is 12.1. The third kappa shape index (κ3) is 2.84. The molecule has 0 aliphatic carbocycles. The molecule has 92 valence electrons. The van der Waals surface area contributed by atoms with E-state index in [0.717, 1.165) is 35.9 Å². The monoisotopic (exact) mass is 242 g/mol. The van der Waals surface area contributed by atoms with Gasteiger partial charge in [-0.3, -0.25) is 0 Å². The predicted octanol–water partition coefficient (Wildman–Crippen LogP) is 2.35.